The van der Waals surface area contributed by atoms with E-state index in [1.807, 2.05) is 25.1 Å². The van der Waals surface area contributed by atoms with Gasteiger partial charge in [0, 0.05) is 16.5 Å². The first kappa shape index (κ1) is 15.5. The van der Waals surface area contributed by atoms with Crippen LogP contribution in [0.5, 0.6) is 11.6 Å². The molecule has 2 heterocycles. The number of carbonyl (C=O) groups excluding carboxylic acids is 1. The highest BCUT2D eigenvalue weighted by Gasteiger charge is 2.16. The Bertz CT molecular complexity index is 1040. The first-order valence-corrected chi connectivity index (χ1v) is 8.67. The second kappa shape index (κ2) is 6.45. The molecule has 0 saturated carbocycles. The Hall–Kier alpha value is -3.05. The van der Waals surface area contributed by atoms with Crippen LogP contribution >= 0.6 is 11.3 Å². The molecule has 0 aliphatic heterocycles. The van der Waals surface area contributed by atoms with Crippen LogP contribution in [0.2, 0.25) is 0 Å². The minimum Gasteiger partial charge on any atom is -0.438 e. The molecule has 0 unspecified atom stereocenters. The van der Waals surface area contributed by atoms with E-state index in [4.69, 9.17) is 4.74 Å². The highest BCUT2D eigenvalue weighted by Crippen LogP contribution is 2.39. The number of aryl methyl sites for hydroxylation is 1. The molecular formula is C20H14N2O2S. The molecule has 0 N–H and O–H groups in total. The van der Waals surface area contributed by atoms with Gasteiger partial charge in [-0.1, -0.05) is 30.3 Å². The van der Waals surface area contributed by atoms with Crippen LogP contribution in [0.25, 0.3) is 21.3 Å². The van der Waals surface area contributed by atoms with Crippen LogP contribution < -0.4 is 4.74 Å². The predicted molar refractivity (Wildman–Crippen MR) is 99.5 cm³/mol. The summed E-state index contributed by atoms with van der Waals surface area (Å²) in [5, 5.41) is 2.98. The van der Waals surface area contributed by atoms with Gasteiger partial charge in [0.25, 0.3) is 0 Å². The van der Waals surface area contributed by atoms with E-state index in [0.29, 0.717) is 23.0 Å². The second-order valence-electron chi connectivity index (χ2n) is 5.56. The van der Waals surface area contributed by atoms with E-state index in [0.717, 1.165) is 27.6 Å². The lowest BCUT2D eigenvalue weighted by Gasteiger charge is -2.09. The number of carbonyl (C=O) groups is 1. The summed E-state index contributed by atoms with van der Waals surface area (Å²) < 4.78 is 6.03. The number of rotatable bonds is 4. The SMILES string of the molecule is Cc1nc(Oc2ccc(C=O)cc2)c2c(-c3ccccc3)csc2n1. The number of nitrogens with zero attached hydrogens (tertiary/aromatic N) is 2. The number of aldehydes is 1. The summed E-state index contributed by atoms with van der Waals surface area (Å²) in [6.45, 7) is 1.85. The van der Waals surface area contributed by atoms with Crippen LogP contribution in [0.15, 0.2) is 60.0 Å². The molecule has 0 spiro atoms. The lowest BCUT2D eigenvalue weighted by molar-refractivity contribution is 0.112. The van der Waals surface area contributed by atoms with Gasteiger partial charge in [-0.3, -0.25) is 4.79 Å². The molecule has 2 aromatic heterocycles. The number of aromatic nitrogens is 2. The van der Waals surface area contributed by atoms with Gasteiger partial charge in [-0.2, -0.15) is 4.98 Å². The Morgan fingerprint density at radius 1 is 1.00 bits per heavy atom. The van der Waals surface area contributed by atoms with Crippen LogP contribution in [0.4, 0.5) is 0 Å². The van der Waals surface area contributed by atoms with Crippen molar-refractivity contribution < 1.29 is 9.53 Å². The minimum atomic E-state index is 0.529. The smallest absolute Gasteiger partial charge is 0.231 e. The Labute approximate surface area is 148 Å². The van der Waals surface area contributed by atoms with Gasteiger partial charge < -0.3 is 4.74 Å². The van der Waals surface area contributed by atoms with Crippen LogP contribution in [0, 0.1) is 6.92 Å². The third-order valence-corrected chi connectivity index (χ3v) is 4.70. The van der Waals surface area contributed by atoms with E-state index in [2.05, 4.69) is 27.5 Å². The highest BCUT2D eigenvalue weighted by atomic mass is 32.1. The second-order valence-corrected chi connectivity index (χ2v) is 6.42. The van der Waals surface area contributed by atoms with Crippen molar-refractivity contribution >= 4 is 27.8 Å². The number of ether oxygens (including phenoxy) is 1. The summed E-state index contributed by atoms with van der Waals surface area (Å²) in [5.74, 6) is 1.82. The van der Waals surface area contributed by atoms with Gasteiger partial charge >= 0.3 is 0 Å². The molecule has 4 aromatic rings. The average molecular weight is 346 g/mol. The Balaban J connectivity index is 1.84. The topological polar surface area (TPSA) is 52.1 Å². The molecule has 0 fully saturated rings. The third kappa shape index (κ3) is 3.02. The van der Waals surface area contributed by atoms with Crippen LogP contribution in [0.3, 0.4) is 0 Å². The summed E-state index contributed by atoms with van der Waals surface area (Å²) in [7, 11) is 0. The molecule has 122 valence electrons. The molecule has 0 atom stereocenters. The third-order valence-electron chi connectivity index (χ3n) is 3.83. The molecule has 2 aromatic carbocycles. The highest BCUT2D eigenvalue weighted by molar-refractivity contribution is 7.17. The first-order chi connectivity index (χ1) is 12.2. The maximum atomic E-state index is 10.8. The Morgan fingerprint density at radius 3 is 2.48 bits per heavy atom. The molecule has 0 saturated heterocycles. The van der Waals surface area contributed by atoms with E-state index in [9.17, 15) is 4.79 Å². The summed E-state index contributed by atoms with van der Waals surface area (Å²) in [6, 6.07) is 17.1. The number of benzene rings is 2. The van der Waals surface area contributed by atoms with Gasteiger partial charge in [-0.15, -0.1) is 11.3 Å². The predicted octanol–water partition coefficient (Wildman–Crippen LogP) is 5.27. The Kier molecular flexibility index (Phi) is 3.99. The molecule has 0 radical (unpaired) electrons. The van der Waals surface area contributed by atoms with Crippen molar-refractivity contribution in [2.75, 3.05) is 0 Å². The summed E-state index contributed by atoms with van der Waals surface area (Å²) in [4.78, 5) is 20.7. The van der Waals surface area contributed by atoms with Gasteiger partial charge in [0.15, 0.2) is 0 Å². The van der Waals surface area contributed by atoms with Gasteiger partial charge in [0.1, 0.15) is 22.7 Å². The van der Waals surface area contributed by atoms with Crippen molar-refractivity contribution in [3.8, 4) is 22.8 Å². The number of thiophene rings is 1. The maximum Gasteiger partial charge on any atom is 0.231 e. The van der Waals surface area contributed by atoms with E-state index in [-0.39, 0.29) is 0 Å². The zero-order chi connectivity index (χ0) is 17.2. The van der Waals surface area contributed by atoms with Crippen molar-refractivity contribution in [3.63, 3.8) is 0 Å². The molecule has 4 nitrogen and oxygen atoms in total. The van der Waals surface area contributed by atoms with E-state index >= 15 is 0 Å². The van der Waals surface area contributed by atoms with Crippen molar-refractivity contribution in [1.29, 1.82) is 0 Å². The number of hydrogen-bond donors (Lipinski definition) is 0. The van der Waals surface area contributed by atoms with E-state index in [1.54, 1.807) is 35.6 Å². The fourth-order valence-corrected chi connectivity index (χ4v) is 3.62. The monoisotopic (exact) mass is 346 g/mol. The molecule has 4 rings (SSSR count). The van der Waals surface area contributed by atoms with Crippen molar-refractivity contribution in [3.05, 3.63) is 71.4 Å². The molecular weight excluding hydrogens is 332 g/mol. The van der Waals surface area contributed by atoms with Gasteiger partial charge in [0.05, 0.1) is 5.39 Å². The molecule has 0 bridgehead atoms. The molecule has 5 heteroatoms. The molecule has 0 aliphatic rings. The largest absolute Gasteiger partial charge is 0.438 e. The van der Waals surface area contributed by atoms with Crippen LogP contribution in [-0.4, -0.2) is 16.3 Å². The number of hydrogen-bond acceptors (Lipinski definition) is 5. The molecule has 0 aliphatic carbocycles. The Morgan fingerprint density at radius 2 is 1.76 bits per heavy atom. The fraction of sp³-hybridized carbons (Fsp3) is 0.0500. The number of fused-ring (bicyclic) bond motifs is 1. The first-order valence-electron chi connectivity index (χ1n) is 7.79. The van der Waals surface area contributed by atoms with E-state index < -0.39 is 0 Å². The zero-order valence-corrected chi connectivity index (χ0v) is 14.3. The van der Waals surface area contributed by atoms with Gasteiger partial charge in [-0.05, 0) is 36.8 Å². The normalized spacial score (nSPS) is 10.8. The molecule has 0 amide bonds. The van der Waals surface area contributed by atoms with Gasteiger partial charge in [-0.25, -0.2) is 4.98 Å². The summed E-state index contributed by atoms with van der Waals surface area (Å²) in [5.41, 5.74) is 2.76. The minimum absolute atomic E-state index is 0.529. The van der Waals surface area contributed by atoms with Crippen molar-refractivity contribution in [2.24, 2.45) is 0 Å². The van der Waals surface area contributed by atoms with Crippen LogP contribution in [-0.2, 0) is 0 Å². The lowest BCUT2D eigenvalue weighted by Crippen LogP contribution is -1.94. The van der Waals surface area contributed by atoms with E-state index in [1.165, 1.54) is 0 Å². The van der Waals surface area contributed by atoms with Crippen LogP contribution in [0.1, 0.15) is 16.2 Å². The summed E-state index contributed by atoms with van der Waals surface area (Å²) in [6.07, 6.45) is 0.809. The molecule has 25 heavy (non-hydrogen) atoms. The maximum absolute atomic E-state index is 10.8. The fourth-order valence-electron chi connectivity index (χ4n) is 2.64. The van der Waals surface area contributed by atoms with Crippen molar-refractivity contribution in [2.45, 2.75) is 6.92 Å². The quantitative estimate of drug-likeness (QED) is 0.472. The standard InChI is InChI=1S/C20H14N2O2S/c1-13-21-19(24-16-9-7-14(11-23)8-10-16)18-17(12-25-20(18)22-13)15-5-3-2-4-6-15/h2-12H,1H3. The zero-order valence-electron chi connectivity index (χ0n) is 13.5. The average Bonchev–Trinajstić information content (AvgIpc) is 3.07. The van der Waals surface area contributed by atoms with Crippen molar-refractivity contribution in [1.82, 2.24) is 9.97 Å². The summed E-state index contributed by atoms with van der Waals surface area (Å²) >= 11 is 1.58. The van der Waals surface area contributed by atoms with Gasteiger partial charge in [0.2, 0.25) is 5.88 Å². The lowest BCUT2D eigenvalue weighted by atomic mass is 10.1.